The van der Waals surface area contributed by atoms with Gasteiger partial charge in [0.1, 0.15) is 17.8 Å². The number of halogens is 1. The van der Waals surface area contributed by atoms with E-state index in [1.807, 2.05) is 6.92 Å². The van der Waals surface area contributed by atoms with Gasteiger partial charge in [0, 0.05) is 12.6 Å². The first-order chi connectivity index (χ1) is 10.5. The van der Waals surface area contributed by atoms with Crippen LogP contribution in [0.4, 0.5) is 9.18 Å². The van der Waals surface area contributed by atoms with Crippen LogP contribution in [0.15, 0.2) is 29.0 Å². The molecule has 1 fully saturated rings. The number of amides is 1. The van der Waals surface area contributed by atoms with E-state index in [0.29, 0.717) is 23.8 Å². The Balaban J connectivity index is 1.79. The van der Waals surface area contributed by atoms with Crippen LogP contribution >= 0.6 is 0 Å². The van der Waals surface area contributed by atoms with Gasteiger partial charge in [0.2, 0.25) is 0 Å². The van der Waals surface area contributed by atoms with Gasteiger partial charge in [-0.1, -0.05) is 0 Å². The molecule has 22 heavy (non-hydrogen) atoms. The molecule has 0 radical (unpaired) electrons. The van der Waals surface area contributed by atoms with Crippen LogP contribution in [0.2, 0.25) is 0 Å². The second-order valence-electron chi connectivity index (χ2n) is 5.49. The summed E-state index contributed by atoms with van der Waals surface area (Å²) in [5.74, 6) is 0.0200. The predicted octanol–water partition coefficient (Wildman–Crippen LogP) is 3.12. The fraction of sp³-hybridized carbons (Fsp3) is 0.400. The molecule has 2 aromatic heterocycles. The van der Waals surface area contributed by atoms with Crippen molar-refractivity contribution >= 4 is 6.09 Å². The first-order valence-electron chi connectivity index (χ1n) is 7.11. The molecule has 3 rings (SSSR count). The Labute approximate surface area is 126 Å². The standard InChI is InChI=1S/C15H16FN3O3/c1-9-2-3-10(7-19(9)15(20)21)14-18-13(8-22-14)12-5-4-11(16)6-17-12/h4-6,8-10H,2-3,7H2,1H3,(H,20,21)/t9-,10+/m1/s1. The molecule has 7 heteroatoms. The first-order valence-corrected chi connectivity index (χ1v) is 7.11. The highest BCUT2D eigenvalue weighted by Crippen LogP contribution is 2.31. The molecule has 0 aliphatic carbocycles. The zero-order valence-electron chi connectivity index (χ0n) is 12.1. The van der Waals surface area contributed by atoms with Gasteiger partial charge in [0.15, 0.2) is 5.89 Å². The Morgan fingerprint density at radius 1 is 1.41 bits per heavy atom. The van der Waals surface area contributed by atoms with Crippen LogP contribution in [-0.2, 0) is 0 Å². The van der Waals surface area contributed by atoms with Crippen molar-refractivity contribution in [2.24, 2.45) is 0 Å². The zero-order valence-corrected chi connectivity index (χ0v) is 12.1. The molecule has 0 unspecified atom stereocenters. The highest BCUT2D eigenvalue weighted by molar-refractivity contribution is 5.65. The molecule has 0 bridgehead atoms. The minimum Gasteiger partial charge on any atom is -0.465 e. The molecular weight excluding hydrogens is 289 g/mol. The maximum Gasteiger partial charge on any atom is 0.407 e. The Morgan fingerprint density at radius 2 is 2.23 bits per heavy atom. The van der Waals surface area contributed by atoms with E-state index in [0.717, 1.165) is 19.0 Å². The number of piperidine rings is 1. The van der Waals surface area contributed by atoms with E-state index in [4.69, 9.17) is 4.42 Å². The number of pyridine rings is 1. The Bertz CT molecular complexity index is 671. The molecule has 0 aromatic carbocycles. The average molecular weight is 305 g/mol. The fourth-order valence-corrected chi connectivity index (χ4v) is 2.70. The maximum atomic E-state index is 12.9. The highest BCUT2D eigenvalue weighted by atomic mass is 19.1. The Kier molecular flexibility index (Phi) is 3.79. The van der Waals surface area contributed by atoms with Crippen molar-refractivity contribution in [2.45, 2.75) is 31.7 Å². The molecule has 0 saturated carbocycles. The third kappa shape index (κ3) is 2.79. The fourth-order valence-electron chi connectivity index (χ4n) is 2.70. The number of rotatable bonds is 2. The molecule has 2 aromatic rings. The van der Waals surface area contributed by atoms with Crippen LogP contribution in [-0.4, -0.2) is 38.7 Å². The molecule has 1 aliphatic heterocycles. The molecule has 3 heterocycles. The third-order valence-electron chi connectivity index (χ3n) is 3.99. The second-order valence-corrected chi connectivity index (χ2v) is 5.49. The number of hydrogen-bond acceptors (Lipinski definition) is 4. The van der Waals surface area contributed by atoms with Crippen LogP contribution in [0, 0.1) is 5.82 Å². The molecule has 0 spiro atoms. The Hall–Kier alpha value is -2.44. The van der Waals surface area contributed by atoms with Crippen molar-refractivity contribution in [1.82, 2.24) is 14.9 Å². The van der Waals surface area contributed by atoms with E-state index < -0.39 is 11.9 Å². The van der Waals surface area contributed by atoms with Gasteiger partial charge in [-0.2, -0.15) is 0 Å². The summed E-state index contributed by atoms with van der Waals surface area (Å²) >= 11 is 0. The number of aromatic nitrogens is 2. The molecule has 1 aliphatic rings. The number of nitrogens with zero attached hydrogens (tertiary/aromatic N) is 3. The minimum atomic E-state index is -0.927. The van der Waals surface area contributed by atoms with Crippen LogP contribution in [0.25, 0.3) is 11.4 Å². The van der Waals surface area contributed by atoms with E-state index in [2.05, 4.69) is 9.97 Å². The lowest BCUT2D eigenvalue weighted by Gasteiger charge is -2.34. The van der Waals surface area contributed by atoms with Crippen molar-refractivity contribution in [3.63, 3.8) is 0 Å². The van der Waals surface area contributed by atoms with Gasteiger partial charge in [-0.15, -0.1) is 0 Å². The van der Waals surface area contributed by atoms with Crippen molar-refractivity contribution in [1.29, 1.82) is 0 Å². The van der Waals surface area contributed by atoms with Crippen LogP contribution in [0.1, 0.15) is 31.6 Å². The molecule has 1 saturated heterocycles. The molecule has 116 valence electrons. The van der Waals surface area contributed by atoms with Gasteiger partial charge in [-0.25, -0.2) is 14.2 Å². The summed E-state index contributed by atoms with van der Waals surface area (Å²) in [4.78, 5) is 21.0. The van der Waals surface area contributed by atoms with Crippen molar-refractivity contribution in [2.75, 3.05) is 6.54 Å². The number of carboxylic acid groups (broad SMARTS) is 1. The van der Waals surface area contributed by atoms with E-state index >= 15 is 0 Å². The summed E-state index contributed by atoms with van der Waals surface area (Å²) in [5.41, 5.74) is 1.05. The maximum absolute atomic E-state index is 12.9. The third-order valence-corrected chi connectivity index (χ3v) is 3.99. The minimum absolute atomic E-state index is 0.00180. The largest absolute Gasteiger partial charge is 0.465 e. The van der Waals surface area contributed by atoms with E-state index in [-0.39, 0.29) is 12.0 Å². The number of hydrogen-bond donors (Lipinski definition) is 1. The second kappa shape index (κ2) is 5.75. The first kappa shape index (κ1) is 14.5. The van der Waals surface area contributed by atoms with Crippen molar-refractivity contribution in [3.8, 4) is 11.4 Å². The SMILES string of the molecule is C[C@@H]1CC[C@H](c2nc(-c3ccc(F)cn3)co2)CN1C(=O)O. The van der Waals surface area contributed by atoms with Crippen LogP contribution < -0.4 is 0 Å². The summed E-state index contributed by atoms with van der Waals surface area (Å²) in [6.07, 6.45) is 3.26. The van der Waals surface area contributed by atoms with Crippen LogP contribution in [0.3, 0.4) is 0 Å². The molecule has 2 atom stereocenters. The predicted molar refractivity (Wildman–Crippen MR) is 75.9 cm³/mol. The zero-order chi connectivity index (χ0) is 15.7. The number of carbonyl (C=O) groups is 1. The lowest BCUT2D eigenvalue weighted by molar-refractivity contribution is 0.101. The summed E-state index contributed by atoms with van der Waals surface area (Å²) in [6, 6.07) is 2.84. The van der Waals surface area contributed by atoms with Crippen molar-refractivity contribution in [3.05, 3.63) is 36.3 Å². The topological polar surface area (TPSA) is 79.5 Å². The van der Waals surface area contributed by atoms with Gasteiger partial charge >= 0.3 is 6.09 Å². The average Bonchev–Trinajstić information content (AvgIpc) is 2.98. The smallest absolute Gasteiger partial charge is 0.407 e. The molecular formula is C15H16FN3O3. The summed E-state index contributed by atoms with van der Waals surface area (Å²) < 4.78 is 18.4. The van der Waals surface area contributed by atoms with Gasteiger partial charge < -0.3 is 14.4 Å². The van der Waals surface area contributed by atoms with Gasteiger partial charge in [0.25, 0.3) is 0 Å². The summed E-state index contributed by atoms with van der Waals surface area (Å²) in [6.45, 7) is 2.26. The monoisotopic (exact) mass is 305 g/mol. The van der Waals surface area contributed by atoms with Crippen LogP contribution in [0.5, 0.6) is 0 Å². The normalized spacial score (nSPS) is 21.8. The quantitative estimate of drug-likeness (QED) is 0.922. The highest BCUT2D eigenvalue weighted by Gasteiger charge is 2.32. The lowest BCUT2D eigenvalue weighted by atomic mass is 9.94. The van der Waals surface area contributed by atoms with E-state index in [1.54, 1.807) is 0 Å². The van der Waals surface area contributed by atoms with Gasteiger partial charge in [-0.05, 0) is 31.9 Å². The Morgan fingerprint density at radius 3 is 2.91 bits per heavy atom. The molecule has 1 N–H and O–H groups in total. The van der Waals surface area contributed by atoms with E-state index in [9.17, 15) is 14.3 Å². The number of oxazole rings is 1. The van der Waals surface area contributed by atoms with Crippen molar-refractivity contribution < 1.29 is 18.7 Å². The van der Waals surface area contributed by atoms with Gasteiger partial charge in [0.05, 0.1) is 17.8 Å². The summed E-state index contributed by atoms with van der Waals surface area (Å²) in [5, 5.41) is 9.21. The van der Waals surface area contributed by atoms with E-state index in [1.165, 1.54) is 23.3 Å². The molecule has 6 nitrogen and oxygen atoms in total. The van der Waals surface area contributed by atoms with Gasteiger partial charge in [-0.3, -0.25) is 4.98 Å². The molecule has 1 amide bonds. The number of likely N-dealkylation sites (tertiary alicyclic amines) is 1. The summed E-state index contributed by atoms with van der Waals surface area (Å²) in [7, 11) is 0. The lowest BCUT2D eigenvalue weighted by Crippen LogP contribution is -2.44.